The third-order valence-corrected chi connectivity index (χ3v) is 1.38. The minimum atomic E-state index is -0.852. The molecule has 1 heterocycles. The molecule has 1 fully saturated rings. The first-order valence-electron chi connectivity index (χ1n) is 2.61. The van der Waals surface area contributed by atoms with Crippen molar-refractivity contribution < 1.29 is 10.3 Å². The molecule has 0 aromatic rings. The van der Waals surface area contributed by atoms with E-state index in [1.165, 1.54) is 0 Å². The van der Waals surface area contributed by atoms with Crippen molar-refractivity contribution in [3.8, 4) is 0 Å². The monoisotopic (exact) mass is 118 g/mol. The van der Waals surface area contributed by atoms with Crippen molar-refractivity contribution in [2.75, 3.05) is 6.54 Å². The minimum Gasteiger partial charge on any atom is -0.375 e. The molecule has 0 unspecified atom stereocenters. The van der Waals surface area contributed by atoms with E-state index < -0.39 is 6.23 Å². The molecule has 48 valence electrons. The van der Waals surface area contributed by atoms with Gasteiger partial charge in [-0.3, -0.25) is 0 Å². The SMILES string of the molecule is N[C@H]1CCN(O)[C@H]1O. The molecule has 0 amide bonds. The second-order valence-electron chi connectivity index (χ2n) is 2.03. The van der Waals surface area contributed by atoms with Gasteiger partial charge in [0.1, 0.15) is 6.23 Å². The second kappa shape index (κ2) is 1.99. The molecule has 0 saturated carbocycles. The van der Waals surface area contributed by atoms with Crippen molar-refractivity contribution in [3.05, 3.63) is 0 Å². The van der Waals surface area contributed by atoms with Crippen molar-refractivity contribution in [1.29, 1.82) is 0 Å². The van der Waals surface area contributed by atoms with Gasteiger partial charge in [-0.25, -0.2) is 0 Å². The topological polar surface area (TPSA) is 69.7 Å². The number of hydrogen-bond acceptors (Lipinski definition) is 4. The Morgan fingerprint density at radius 2 is 2.25 bits per heavy atom. The molecule has 0 aliphatic carbocycles. The fraction of sp³-hybridized carbons (Fsp3) is 1.00. The Labute approximate surface area is 47.5 Å². The predicted molar refractivity (Wildman–Crippen MR) is 27.1 cm³/mol. The lowest BCUT2D eigenvalue weighted by molar-refractivity contribution is -0.173. The summed E-state index contributed by atoms with van der Waals surface area (Å²) in [4.78, 5) is 0. The molecule has 4 nitrogen and oxygen atoms in total. The van der Waals surface area contributed by atoms with Gasteiger partial charge >= 0.3 is 0 Å². The summed E-state index contributed by atoms with van der Waals surface area (Å²) in [7, 11) is 0. The lowest BCUT2D eigenvalue weighted by Crippen LogP contribution is -2.37. The molecule has 1 aliphatic heterocycles. The molecule has 8 heavy (non-hydrogen) atoms. The summed E-state index contributed by atoms with van der Waals surface area (Å²) in [5.74, 6) is 0. The first-order chi connectivity index (χ1) is 3.72. The molecular weight excluding hydrogens is 108 g/mol. The highest BCUT2D eigenvalue weighted by Gasteiger charge is 2.27. The van der Waals surface area contributed by atoms with Crippen LogP contribution in [0.3, 0.4) is 0 Å². The average Bonchev–Trinajstić information content (AvgIpc) is 1.98. The molecule has 4 heteroatoms. The maximum atomic E-state index is 8.82. The van der Waals surface area contributed by atoms with Crippen molar-refractivity contribution >= 4 is 0 Å². The van der Waals surface area contributed by atoms with E-state index in [-0.39, 0.29) is 6.04 Å². The van der Waals surface area contributed by atoms with Crippen molar-refractivity contribution in [2.45, 2.75) is 18.7 Å². The van der Waals surface area contributed by atoms with Crippen LogP contribution < -0.4 is 5.73 Å². The summed E-state index contributed by atoms with van der Waals surface area (Å²) in [5.41, 5.74) is 5.32. The third kappa shape index (κ3) is 0.830. The van der Waals surface area contributed by atoms with Gasteiger partial charge in [0, 0.05) is 12.6 Å². The predicted octanol–water partition coefficient (Wildman–Crippen LogP) is -1.27. The quantitative estimate of drug-likeness (QED) is 0.371. The summed E-state index contributed by atoms with van der Waals surface area (Å²) in [5, 5.41) is 18.3. The van der Waals surface area contributed by atoms with E-state index in [0.717, 1.165) is 5.06 Å². The van der Waals surface area contributed by atoms with Gasteiger partial charge in [0.2, 0.25) is 0 Å². The lowest BCUT2D eigenvalue weighted by atomic mass is 10.3. The van der Waals surface area contributed by atoms with Crippen LogP contribution in [0.1, 0.15) is 6.42 Å². The van der Waals surface area contributed by atoms with Crippen LogP contribution in [0, 0.1) is 0 Å². The summed E-state index contributed by atoms with van der Waals surface area (Å²) < 4.78 is 0. The van der Waals surface area contributed by atoms with Crippen LogP contribution in [0.15, 0.2) is 0 Å². The van der Waals surface area contributed by atoms with Crippen LogP contribution in [-0.2, 0) is 0 Å². The van der Waals surface area contributed by atoms with E-state index >= 15 is 0 Å². The Balaban J connectivity index is 2.44. The normalized spacial score (nSPS) is 40.9. The summed E-state index contributed by atoms with van der Waals surface area (Å²) in [6.07, 6.45) is -0.188. The summed E-state index contributed by atoms with van der Waals surface area (Å²) >= 11 is 0. The van der Waals surface area contributed by atoms with Crippen LogP contribution in [0.4, 0.5) is 0 Å². The van der Waals surface area contributed by atoms with E-state index in [2.05, 4.69) is 0 Å². The number of nitrogens with zero attached hydrogens (tertiary/aromatic N) is 1. The molecule has 0 spiro atoms. The van der Waals surface area contributed by atoms with Crippen molar-refractivity contribution in [3.63, 3.8) is 0 Å². The number of hydrogen-bond donors (Lipinski definition) is 3. The van der Waals surface area contributed by atoms with Gasteiger partial charge in [-0.2, -0.15) is 5.06 Å². The lowest BCUT2D eigenvalue weighted by Gasteiger charge is -2.12. The zero-order valence-electron chi connectivity index (χ0n) is 4.49. The number of aliphatic hydroxyl groups excluding tert-OH is 1. The molecule has 1 aliphatic rings. The first kappa shape index (κ1) is 5.97. The van der Waals surface area contributed by atoms with Crippen molar-refractivity contribution in [1.82, 2.24) is 5.06 Å². The maximum Gasteiger partial charge on any atom is 0.144 e. The number of nitrogens with two attached hydrogens (primary N) is 1. The summed E-state index contributed by atoms with van der Waals surface area (Å²) in [6, 6.07) is -0.278. The Kier molecular flexibility index (Phi) is 1.48. The van der Waals surface area contributed by atoms with Crippen LogP contribution in [0.5, 0.6) is 0 Å². The Morgan fingerprint density at radius 3 is 2.38 bits per heavy atom. The largest absolute Gasteiger partial charge is 0.375 e. The van der Waals surface area contributed by atoms with Gasteiger partial charge in [0.05, 0.1) is 0 Å². The highest BCUT2D eigenvalue weighted by atomic mass is 16.5. The maximum absolute atomic E-state index is 8.82. The molecule has 0 radical (unpaired) electrons. The third-order valence-electron chi connectivity index (χ3n) is 1.38. The van der Waals surface area contributed by atoms with Gasteiger partial charge in [0.15, 0.2) is 0 Å². The van der Waals surface area contributed by atoms with E-state index in [9.17, 15) is 0 Å². The number of hydroxylamine groups is 2. The first-order valence-corrected chi connectivity index (χ1v) is 2.61. The minimum absolute atomic E-state index is 0.278. The van der Waals surface area contributed by atoms with Crippen LogP contribution in [0.25, 0.3) is 0 Å². The molecule has 0 aromatic carbocycles. The van der Waals surface area contributed by atoms with Crippen molar-refractivity contribution in [2.24, 2.45) is 5.73 Å². The smallest absolute Gasteiger partial charge is 0.144 e. The highest BCUT2D eigenvalue weighted by Crippen LogP contribution is 2.09. The number of rotatable bonds is 0. The molecule has 1 rings (SSSR count). The fourth-order valence-electron chi connectivity index (χ4n) is 0.784. The van der Waals surface area contributed by atoms with Gasteiger partial charge in [-0.1, -0.05) is 0 Å². The van der Waals surface area contributed by atoms with E-state index in [4.69, 9.17) is 16.0 Å². The Bertz CT molecular complexity index is 78.1. The fourth-order valence-corrected chi connectivity index (χ4v) is 0.784. The molecule has 4 N–H and O–H groups in total. The molecule has 0 bridgehead atoms. The second-order valence-corrected chi connectivity index (χ2v) is 2.03. The van der Waals surface area contributed by atoms with Gasteiger partial charge in [0.25, 0.3) is 0 Å². The van der Waals surface area contributed by atoms with Crippen LogP contribution in [0.2, 0.25) is 0 Å². The molecule has 2 atom stereocenters. The molecule has 0 aromatic heterocycles. The molecule has 1 saturated heterocycles. The zero-order chi connectivity index (χ0) is 6.15. The Morgan fingerprint density at radius 1 is 1.62 bits per heavy atom. The van der Waals surface area contributed by atoms with E-state index in [1.54, 1.807) is 0 Å². The van der Waals surface area contributed by atoms with Crippen LogP contribution in [-0.4, -0.2) is 34.2 Å². The average molecular weight is 118 g/mol. The molecular formula is C4H10N2O2. The number of aliphatic hydroxyl groups is 1. The van der Waals surface area contributed by atoms with Gasteiger partial charge in [-0.15, -0.1) is 0 Å². The Hall–Kier alpha value is -0.160. The van der Waals surface area contributed by atoms with E-state index in [1.807, 2.05) is 0 Å². The van der Waals surface area contributed by atoms with E-state index in [0.29, 0.717) is 13.0 Å². The van der Waals surface area contributed by atoms with Crippen LogP contribution >= 0.6 is 0 Å². The highest BCUT2D eigenvalue weighted by molar-refractivity contribution is 4.76. The van der Waals surface area contributed by atoms with Gasteiger partial charge < -0.3 is 16.0 Å². The summed E-state index contributed by atoms with van der Waals surface area (Å²) in [6.45, 7) is 0.475. The van der Waals surface area contributed by atoms with Gasteiger partial charge in [-0.05, 0) is 6.42 Å². The zero-order valence-corrected chi connectivity index (χ0v) is 4.49. The standard InChI is InChI=1S/C4H10N2O2/c5-3-1-2-6(8)4(3)7/h3-4,7-8H,1-2,5H2/t3-,4-/m0/s1.